The third-order valence-corrected chi connectivity index (χ3v) is 3.54. The number of para-hydroxylation sites is 1. The maximum absolute atomic E-state index is 11.9. The number of benzene rings is 1. The first-order chi connectivity index (χ1) is 8.16. The van der Waals surface area contributed by atoms with Gasteiger partial charge in [0, 0.05) is 13.1 Å². The van der Waals surface area contributed by atoms with Crippen LogP contribution in [0.2, 0.25) is 0 Å². The summed E-state index contributed by atoms with van der Waals surface area (Å²) < 4.78 is 5.32. The molecular weight excluding hydrogens is 214 g/mol. The normalized spacial score (nSPS) is 24.5. The number of nitrogens with zero attached hydrogens (tertiary/aromatic N) is 1. The molecule has 3 heteroatoms. The van der Waals surface area contributed by atoms with Crippen LogP contribution in [0.3, 0.4) is 0 Å². The van der Waals surface area contributed by atoms with E-state index in [1.807, 2.05) is 18.2 Å². The van der Waals surface area contributed by atoms with E-state index in [9.17, 15) is 4.79 Å². The summed E-state index contributed by atoms with van der Waals surface area (Å²) in [6.07, 6.45) is 0.834. The molecule has 2 unspecified atom stereocenters. The molecule has 0 aromatic heterocycles. The summed E-state index contributed by atoms with van der Waals surface area (Å²) in [5.41, 5.74) is 0. The average molecular weight is 233 g/mol. The highest BCUT2D eigenvalue weighted by Gasteiger charge is 2.26. The van der Waals surface area contributed by atoms with E-state index in [4.69, 9.17) is 4.74 Å². The number of likely N-dealkylation sites (tertiary alicyclic amines) is 1. The fraction of sp³-hybridized carbons (Fsp3) is 0.500. The second-order valence-corrected chi connectivity index (χ2v) is 4.87. The van der Waals surface area contributed by atoms with Crippen molar-refractivity contribution in [3.63, 3.8) is 0 Å². The molecule has 0 spiro atoms. The first-order valence-electron chi connectivity index (χ1n) is 6.18. The van der Waals surface area contributed by atoms with Crippen molar-refractivity contribution in [1.82, 2.24) is 4.90 Å². The summed E-state index contributed by atoms with van der Waals surface area (Å²) in [6.45, 7) is 6.03. The molecule has 92 valence electrons. The molecule has 2 rings (SSSR count). The molecule has 0 N–H and O–H groups in total. The Balaban J connectivity index is 1.93. The molecule has 0 bridgehead atoms. The zero-order chi connectivity index (χ0) is 12.3. The van der Waals surface area contributed by atoms with Gasteiger partial charge in [-0.3, -0.25) is 0 Å². The van der Waals surface area contributed by atoms with Gasteiger partial charge in [0.25, 0.3) is 0 Å². The van der Waals surface area contributed by atoms with Gasteiger partial charge in [-0.05, 0) is 30.4 Å². The number of hydrogen-bond donors (Lipinski definition) is 0. The number of ether oxygens (including phenoxy) is 1. The predicted octanol–water partition coefficient (Wildman–Crippen LogP) is 3.16. The zero-order valence-corrected chi connectivity index (χ0v) is 10.4. The Labute approximate surface area is 102 Å². The van der Waals surface area contributed by atoms with Crippen LogP contribution in [0.5, 0.6) is 5.75 Å². The lowest BCUT2D eigenvalue weighted by Gasteiger charge is -2.34. The Hall–Kier alpha value is -1.51. The van der Waals surface area contributed by atoms with E-state index in [0.717, 1.165) is 19.5 Å². The molecule has 3 nitrogen and oxygen atoms in total. The van der Waals surface area contributed by atoms with Crippen LogP contribution in [0.4, 0.5) is 4.79 Å². The molecule has 1 aromatic carbocycles. The number of rotatable bonds is 1. The molecule has 1 aromatic rings. The van der Waals surface area contributed by atoms with Gasteiger partial charge < -0.3 is 9.64 Å². The van der Waals surface area contributed by atoms with Crippen molar-refractivity contribution < 1.29 is 9.53 Å². The van der Waals surface area contributed by atoms with Crippen molar-refractivity contribution in [3.05, 3.63) is 30.3 Å². The fourth-order valence-corrected chi connectivity index (χ4v) is 2.08. The number of carbonyl (C=O) groups is 1. The third kappa shape index (κ3) is 2.99. The number of piperidine rings is 1. The van der Waals surface area contributed by atoms with Crippen molar-refractivity contribution in [3.8, 4) is 5.75 Å². The van der Waals surface area contributed by atoms with Crippen molar-refractivity contribution >= 4 is 6.09 Å². The van der Waals surface area contributed by atoms with Gasteiger partial charge in [0.05, 0.1) is 0 Å². The van der Waals surface area contributed by atoms with Crippen molar-refractivity contribution in [1.29, 1.82) is 0 Å². The standard InChI is InChI=1S/C14H19NO2/c1-11-8-9-15(10-12(11)2)14(16)17-13-6-4-3-5-7-13/h3-7,11-12H,8-10H2,1-2H3. The van der Waals surface area contributed by atoms with Crippen molar-refractivity contribution in [2.45, 2.75) is 20.3 Å². The summed E-state index contributed by atoms with van der Waals surface area (Å²) in [4.78, 5) is 13.7. The molecule has 2 atom stereocenters. The van der Waals surface area contributed by atoms with Crippen LogP contribution in [-0.4, -0.2) is 24.1 Å². The smallest absolute Gasteiger partial charge is 0.410 e. The monoisotopic (exact) mass is 233 g/mol. The predicted molar refractivity (Wildman–Crippen MR) is 67.0 cm³/mol. The minimum atomic E-state index is -0.227. The fourth-order valence-electron chi connectivity index (χ4n) is 2.08. The van der Waals surface area contributed by atoms with Crippen LogP contribution in [-0.2, 0) is 0 Å². The van der Waals surface area contributed by atoms with Gasteiger partial charge in [-0.25, -0.2) is 4.79 Å². The minimum absolute atomic E-state index is 0.227. The minimum Gasteiger partial charge on any atom is -0.410 e. The van der Waals surface area contributed by atoms with Crippen molar-refractivity contribution in [2.24, 2.45) is 11.8 Å². The van der Waals surface area contributed by atoms with Gasteiger partial charge in [-0.2, -0.15) is 0 Å². The quantitative estimate of drug-likeness (QED) is 0.745. The highest BCUT2D eigenvalue weighted by molar-refractivity contribution is 5.70. The molecular formula is C14H19NO2. The van der Waals surface area contributed by atoms with E-state index in [-0.39, 0.29) is 6.09 Å². The molecule has 1 aliphatic rings. The second-order valence-electron chi connectivity index (χ2n) is 4.87. The topological polar surface area (TPSA) is 29.5 Å². The number of carbonyl (C=O) groups excluding carboxylic acids is 1. The molecule has 0 aliphatic carbocycles. The molecule has 0 radical (unpaired) electrons. The Bertz CT molecular complexity index is 377. The molecule has 1 heterocycles. The lowest BCUT2D eigenvalue weighted by molar-refractivity contribution is 0.111. The second kappa shape index (κ2) is 5.21. The lowest BCUT2D eigenvalue weighted by atomic mass is 9.89. The maximum atomic E-state index is 11.9. The van der Waals surface area contributed by atoms with Crippen LogP contribution in [0.25, 0.3) is 0 Å². The van der Waals surface area contributed by atoms with Gasteiger partial charge in [-0.15, -0.1) is 0 Å². The Morgan fingerprint density at radius 1 is 1.24 bits per heavy atom. The lowest BCUT2D eigenvalue weighted by Crippen LogP contribution is -2.43. The van der Waals surface area contributed by atoms with Crippen LogP contribution < -0.4 is 4.74 Å². The van der Waals surface area contributed by atoms with Crippen LogP contribution in [0.1, 0.15) is 20.3 Å². The largest absolute Gasteiger partial charge is 0.415 e. The number of amides is 1. The third-order valence-electron chi connectivity index (χ3n) is 3.54. The molecule has 1 amide bonds. The first-order valence-corrected chi connectivity index (χ1v) is 6.18. The maximum Gasteiger partial charge on any atom is 0.415 e. The summed E-state index contributed by atoms with van der Waals surface area (Å²) in [6, 6.07) is 9.23. The number of hydrogen-bond acceptors (Lipinski definition) is 2. The molecule has 1 aliphatic heterocycles. The summed E-state index contributed by atoms with van der Waals surface area (Å²) in [7, 11) is 0. The Kier molecular flexibility index (Phi) is 3.67. The summed E-state index contributed by atoms with van der Waals surface area (Å²) in [5, 5.41) is 0. The van der Waals surface area contributed by atoms with Gasteiger partial charge in [0.2, 0.25) is 0 Å². The van der Waals surface area contributed by atoms with E-state index < -0.39 is 0 Å². The molecule has 1 saturated heterocycles. The SMILES string of the molecule is CC1CCN(C(=O)Oc2ccccc2)CC1C. The van der Waals surface area contributed by atoms with Crippen LogP contribution >= 0.6 is 0 Å². The van der Waals surface area contributed by atoms with Gasteiger partial charge >= 0.3 is 6.09 Å². The van der Waals surface area contributed by atoms with Crippen LogP contribution in [0, 0.1) is 11.8 Å². The Morgan fingerprint density at radius 3 is 2.59 bits per heavy atom. The molecule has 17 heavy (non-hydrogen) atoms. The van der Waals surface area contributed by atoms with E-state index in [1.165, 1.54) is 0 Å². The highest BCUT2D eigenvalue weighted by Crippen LogP contribution is 2.23. The Morgan fingerprint density at radius 2 is 1.94 bits per heavy atom. The average Bonchev–Trinajstić information content (AvgIpc) is 2.34. The van der Waals surface area contributed by atoms with E-state index in [0.29, 0.717) is 17.6 Å². The van der Waals surface area contributed by atoms with E-state index in [1.54, 1.807) is 17.0 Å². The van der Waals surface area contributed by atoms with Crippen molar-refractivity contribution in [2.75, 3.05) is 13.1 Å². The summed E-state index contributed by atoms with van der Waals surface area (Å²) >= 11 is 0. The molecule has 1 fully saturated rings. The zero-order valence-electron chi connectivity index (χ0n) is 10.4. The van der Waals surface area contributed by atoms with Crippen LogP contribution in [0.15, 0.2) is 30.3 Å². The van der Waals surface area contributed by atoms with Gasteiger partial charge in [0.15, 0.2) is 0 Å². The first kappa shape index (κ1) is 12.0. The summed E-state index contributed by atoms with van der Waals surface area (Å²) in [5.74, 6) is 1.85. The van der Waals surface area contributed by atoms with E-state index in [2.05, 4.69) is 13.8 Å². The molecule has 0 saturated carbocycles. The van der Waals surface area contributed by atoms with E-state index >= 15 is 0 Å². The van der Waals surface area contributed by atoms with Gasteiger partial charge in [0.1, 0.15) is 5.75 Å². The van der Waals surface area contributed by atoms with Gasteiger partial charge in [-0.1, -0.05) is 32.0 Å². The highest BCUT2D eigenvalue weighted by atomic mass is 16.6.